The number of para-hydroxylation sites is 1. The summed E-state index contributed by atoms with van der Waals surface area (Å²) in [6.45, 7) is 0.390. The van der Waals surface area contributed by atoms with Crippen molar-refractivity contribution in [1.29, 1.82) is 0 Å². The lowest BCUT2D eigenvalue weighted by atomic mass is 10.1. The standard InChI is InChI=1S/C19H12FNO2S2/c20-14-5-3-6-15(10-14)21-18(22)17(25-19(21)24)9-12-8-13-4-1-2-7-16(13)23-11-12/h1-10H,11H2. The van der Waals surface area contributed by atoms with Gasteiger partial charge in [-0.15, -0.1) is 0 Å². The van der Waals surface area contributed by atoms with Crippen molar-refractivity contribution in [1.82, 2.24) is 0 Å². The lowest BCUT2D eigenvalue weighted by Gasteiger charge is -2.16. The smallest absolute Gasteiger partial charge is 0.270 e. The van der Waals surface area contributed by atoms with Gasteiger partial charge in [-0.25, -0.2) is 4.39 Å². The minimum atomic E-state index is -0.407. The van der Waals surface area contributed by atoms with Crippen molar-refractivity contribution < 1.29 is 13.9 Å². The Balaban J connectivity index is 1.64. The molecule has 0 bridgehead atoms. The number of carbonyl (C=O) groups is 1. The number of anilines is 1. The van der Waals surface area contributed by atoms with E-state index in [1.54, 1.807) is 18.2 Å². The number of hydrogen-bond donors (Lipinski definition) is 0. The number of thioether (sulfide) groups is 1. The van der Waals surface area contributed by atoms with Gasteiger partial charge in [0.25, 0.3) is 5.91 Å². The van der Waals surface area contributed by atoms with Crippen LogP contribution in [0.4, 0.5) is 10.1 Å². The van der Waals surface area contributed by atoms with Crippen molar-refractivity contribution in [3.05, 3.63) is 76.5 Å². The van der Waals surface area contributed by atoms with E-state index in [0.29, 0.717) is 21.5 Å². The normalized spacial score (nSPS) is 18.2. The van der Waals surface area contributed by atoms with E-state index in [4.69, 9.17) is 17.0 Å². The number of carbonyl (C=O) groups excluding carboxylic acids is 1. The molecular formula is C19H12FNO2S2. The van der Waals surface area contributed by atoms with Crippen LogP contribution in [0, 0.1) is 5.82 Å². The van der Waals surface area contributed by atoms with E-state index in [1.165, 1.54) is 28.8 Å². The van der Waals surface area contributed by atoms with Crippen molar-refractivity contribution in [2.24, 2.45) is 0 Å². The van der Waals surface area contributed by atoms with Gasteiger partial charge in [-0.05, 0) is 42.0 Å². The summed E-state index contributed by atoms with van der Waals surface area (Å²) in [7, 11) is 0. The first-order chi connectivity index (χ1) is 12.1. The van der Waals surface area contributed by atoms with E-state index in [0.717, 1.165) is 16.9 Å². The maximum Gasteiger partial charge on any atom is 0.270 e. The molecule has 0 unspecified atom stereocenters. The average Bonchev–Trinajstić information content (AvgIpc) is 2.88. The maximum absolute atomic E-state index is 13.5. The molecule has 0 aliphatic carbocycles. The quantitative estimate of drug-likeness (QED) is 0.574. The zero-order valence-corrected chi connectivity index (χ0v) is 14.6. The third-order valence-corrected chi connectivity index (χ3v) is 5.13. The number of rotatable bonds is 2. The fourth-order valence-electron chi connectivity index (χ4n) is 2.69. The lowest BCUT2D eigenvalue weighted by Crippen LogP contribution is -2.27. The summed E-state index contributed by atoms with van der Waals surface area (Å²) in [6, 6.07) is 13.6. The van der Waals surface area contributed by atoms with E-state index < -0.39 is 5.82 Å². The van der Waals surface area contributed by atoms with Crippen molar-refractivity contribution in [2.75, 3.05) is 11.5 Å². The Morgan fingerprint density at radius 3 is 2.88 bits per heavy atom. The third kappa shape index (κ3) is 3.10. The Hall–Kier alpha value is -2.44. The highest BCUT2D eigenvalue weighted by atomic mass is 32.2. The molecule has 4 rings (SSSR count). The monoisotopic (exact) mass is 369 g/mol. The SMILES string of the molecule is O=C1C(=CC2=Cc3ccccc3OC2)SC(=S)N1c1cccc(F)c1. The Kier molecular flexibility index (Phi) is 4.15. The minimum Gasteiger partial charge on any atom is -0.488 e. The summed E-state index contributed by atoms with van der Waals surface area (Å²) in [5, 5.41) is 0. The molecule has 2 aromatic carbocycles. The number of nitrogens with zero attached hydrogens (tertiary/aromatic N) is 1. The molecule has 124 valence electrons. The van der Waals surface area contributed by atoms with Crippen LogP contribution in [-0.4, -0.2) is 16.8 Å². The third-order valence-electron chi connectivity index (χ3n) is 3.83. The second kappa shape index (κ2) is 6.46. The molecule has 1 fully saturated rings. The van der Waals surface area contributed by atoms with Gasteiger partial charge in [0, 0.05) is 5.56 Å². The first-order valence-corrected chi connectivity index (χ1v) is 8.80. The second-order valence-corrected chi connectivity index (χ2v) is 7.22. The van der Waals surface area contributed by atoms with E-state index in [9.17, 15) is 9.18 Å². The van der Waals surface area contributed by atoms with E-state index in [-0.39, 0.29) is 5.91 Å². The Morgan fingerprint density at radius 1 is 1.20 bits per heavy atom. The molecule has 1 amide bonds. The highest BCUT2D eigenvalue weighted by molar-refractivity contribution is 8.27. The van der Waals surface area contributed by atoms with Crippen LogP contribution in [0.15, 0.2) is 65.1 Å². The van der Waals surface area contributed by atoms with E-state index in [1.807, 2.05) is 30.3 Å². The van der Waals surface area contributed by atoms with Gasteiger partial charge in [0.1, 0.15) is 18.2 Å². The Bertz CT molecular complexity index is 952. The second-order valence-electron chi connectivity index (χ2n) is 5.54. The first kappa shape index (κ1) is 16.1. The first-order valence-electron chi connectivity index (χ1n) is 7.58. The summed E-state index contributed by atoms with van der Waals surface area (Å²) >= 11 is 6.51. The summed E-state index contributed by atoms with van der Waals surface area (Å²) in [5.74, 6) is 0.169. The molecule has 2 aliphatic heterocycles. The van der Waals surface area contributed by atoms with Crippen LogP contribution in [-0.2, 0) is 4.79 Å². The molecule has 0 aromatic heterocycles. The number of ether oxygens (including phenoxy) is 1. The predicted molar refractivity (Wildman–Crippen MR) is 102 cm³/mol. The van der Waals surface area contributed by atoms with Crippen molar-refractivity contribution >= 4 is 46.0 Å². The van der Waals surface area contributed by atoms with Gasteiger partial charge in [-0.3, -0.25) is 9.69 Å². The van der Waals surface area contributed by atoms with Crippen LogP contribution in [0.5, 0.6) is 5.75 Å². The number of hydrogen-bond acceptors (Lipinski definition) is 4. The van der Waals surface area contributed by atoms with Crippen LogP contribution < -0.4 is 9.64 Å². The topological polar surface area (TPSA) is 29.5 Å². The molecule has 0 saturated carbocycles. The summed E-state index contributed by atoms with van der Waals surface area (Å²) < 4.78 is 19.6. The molecule has 3 nitrogen and oxygen atoms in total. The Labute approximate surface area is 153 Å². The number of benzene rings is 2. The number of thiocarbonyl (C=S) groups is 1. The van der Waals surface area contributed by atoms with Crippen LogP contribution in [0.3, 0.4) is 0 Å². The maximum atomic E-state index is 13.5. The lowest BCUT2D eigenvalue weighted by molar-refractivity contribution is -0.113. The number of halogens is 1. The predicted octanol–water partition coefficient (Wildman–Crippen LogP) is 4.55. The van der Waals surface area contributed by atoms with Crippen molar-refractivity contribution in [3.8, 4) is 5.75 Å². The largest absolute Gasteiger partial charge is 0.488 e. The summed E-state index contributed by atoms with van der Waals surface area (Å²) in [4.78, 5) is 14.6. The molecular weight excluding hydrogens is 357 g/mol. The van der Waals surface area contributed by atoms with Crippen molar-refractivity contribution in [3.63, 3.8) is 0 Å². The van der Waals surface area contributed by atoms with Gasteiger partial charge < -0.3 is 4.74 Å². The van der Waals surface area contributed by atoms with Crippen LogP contribution in [0.2, 0.25) is 0 Å². The fourth-order valence-corrected chi connectivity index (χ4v) is 4.01. The number of fused-ring (bicyclic) bond motifs is 1. The highest BCUT2D eigenvalue weighted by Gasteiger charge is 2.33. The van der Waals surface area contributed by atoms with Crippen LogP contribution >= 0.6 is 24.0 Å². The summed E-state index contributed by atoms with van der Waals surface area (Å²) in [6.07, 6.45) is 3.78. The van der Waals surface area contributed by atoms with Gasteiger partial charge in [0.15, 0.2) is 4.32 Å². The average molecular weight is 369 g/mol. The molecule has 0 N–H and O–H groups in total. The zero-order chi connectivity index (χ0) is 17.4. The fraction of sp³-hybridized carbons (Fsp3) is 0.0526. The van der Waals surface area contributed by atoms with Crippen molar-refractivity contribution in [2.45, 2.75) is 0 Å². The molecule has 6 heteroatoms. The molecule has 0 radical (unpaired) electrons. The van der Waals surface area contributed by atoms with Gasteiger partial charge in [0.05, 0.1) is 10.6 Å². The van der Waals surface area contributed by atoms with Gasteiger partial charge in [-0.1, -0.05) is 48.2 Å². The van der Waals surface area contributed by atoms with Crippen LogP contribution in [0.25, 0.3) is 6.08 Å². The molecule has 1 saturated heterocycles. The van der Waals surface area contributed by atoms with Gasteiger partial charge in [0.2, 0.25) is 0 Å². The van der Waals surface area contributed by atoms with Gasteiger partial charge in [-0.2, -0.15) is 0 Å². The highest BCUT2D eigenvalue weighted by Crippen LogP contribution is 2.36. The number of amides is 1. The summed E-state index contributed by atoms with van der Waals surface area (Å²) in [5.41, 5.74) is 2.30. The molecule has 25 heavy (non-hydrogen) atoms. The Morgan fingerprint density at radius 2 is 2.04 bits per heavy atom. The molecule has 0 atom stereocenters. The van der Waals surface area contributed by atoms with Gasteiger partial charge >= 0.3 is 0 Å². The zero-order valence-electron chi connectivity index (χ0n) is 12.9. The molecule has 0 spiro atoms. The molecule has 2 aromatic rings. The van der Waals surface area contributed by atoms with E-state index >= 15 is 0 Å². The van der Waals surface area contributed by atoms with Crippen LogP contribution in [0.1, 0.15) is 5.56 Å². The molecule has 2 heterocycles. The molecule has 2 aliphatic rings. The minimum absolute atomic E-state index is 0.250. The van der Waals surface area contributed by atoms with E-state index in [2.05, 4.69) is 0 Å².